The normalized spacial score (nSPS) is 12.0. The summed E-state index contributed by atoms with van der Waals surface area (Å²) in [7, 11) is 11.1. The molecule has 18 heavy (non-hydrogen) atoms. The third kappa shape index (κ3) is 2.77. The standard InChI is InChI=1S/C9H4B2BrF2N3O/c10-9(11,12)5-2-1-4(3-15-5)7-16-17-8(18-7)6(13)14/h1-3,6H. The number of aromatic nitrogens is 3. The number of hydrogen-bond acceptors (Lipinski definition) is 4. The molecule has 0 bridgehead atoms. The molecule has 0 aliphatic heterocycles. The number of rotatable bonds is 3. The van der Waals surface area contributed by atoms with Gasteiger partial charge >= 0.3 is 6.43 Å². The lowest BCUT2D eigenvalue weighted by atomic mass is 9.68. The quantitative estimate of drug-likeness (QED) is 0.642. The molecule has 2 heterocycles. The second-order valence-electron chi connectivity index (χ2n) is 3.45. The molecule has 4 radical (unpaired) electrons. The van der Waals surface area contributed by atoms with Gasteiger partial charge in [-0.15, -0.1) is 10.2 Å². The molecule has 2 rings (SSSR count). The Bertz CT molecular complexity index is 541. The summed E-state index contributed by atoms with van der Waals surface area (Å²) in [6.45, 7) is 0. The molecule has 0 spiro atoms. The average molecular weight is 310 g/mol. The molecule has 88 valence electrons. The lowest BCUT2D eigenvalue weighted by molar-refractivity contribution is 0.116. The minimum Gasteiger partial charge on any atom is -0.415 e. The number of pyridine rings is 1. The van der Waals surface area contributed by atoms with E-state index >= 15 is 0 Å². The SMILES string of the molecule is [B]C([B])(Br)c1ccc(-c2nnc(C(F)F)o2)cn1. The zero-order chi connectivity index (χ0) is 13.3. The van der Waals surface area contributed by atoms with Gasteiger partial charge in [0.25, 0.3) is 5.89 Å². The van der Waals surface area contributed by atoms with E-state index in [0.717, 1.165) is 0 Å². The van der Waals surface area contributed by atoms with Crippen molar-refractivity contribution in [3.8, 4) is 11.5 Å². The van der Waals surface area contributed by atoms with Crippen LogP contribution in [0.25, 0.3) is 11.5 Å². The lowest BCUT2D eigenvalue weighted by Crippen LogP contribution is -2.19. The molecule has 0 aliphatic rings. The van der Waals surface area contributed by atoms with E-state index in [-0.39, 0.29) is 5.89 Å². The summed E-state index contributed by atoms with van der Waals surface area (Å²) >= 11 is 3.03. The molecule has 0 atom stereocenters. The molecular formula is C9H4B2BrF2N3O. The average Bonchev–Trinajstić information content (AvgIpc) is 2.77. The van der Waals surface area contributed by atoms with Crippen molar-refractivity contribution in [3.63, 3.8) is 0 Å². The Balaban J connectivity index is 2.29. The number of nitrogens with zero attached hydrogens (tertiary/aromatic N) is 3. The van der Waals surface area contributed by atoms with Gasteiger partial charge in [0.1, 0.15) is 0 Å². The molecule has 0 aromatic carbocycles. The van der Waals surface area contributed by atoms with Gasteiger partial charge in [-0.1, -0.05) is 15.9 Å². The zero-order valence-corrected chi connectivity index (χ0v) is 10.4. The molecule has 0 amide bonds. The van der Waals surface area contributed by atoms with Crippen LogP contribution >= 0.6 is 15.9 Å². The van der Waals surface area contributed by atoms with Crippen LogP contribution < -0.4 is 0 Å². The number of halogens is 3. The Morgan fingerprint density at radius 3 is 2.44 bits per heavy atom. The van der Waals surface area contributed by atoms with Crippen molar-refractivity contribution in [1.82, 2.24) is 15.2 Å². The maximum absolute atomic E-state index is 12.3. The van der Waals surface area contributed by atoms with Crippen LogP contribution in [0.4, 0.5) is 8.78 Å². The first kappa shape index (κ1) is 13.2. The summed E-state index contributed by atoms with van der Waals surface area (Å²) in [4.78, 5) is 3.97. The molecule has 0 aliphatic carbocycles. The third-order valence-electron chi connectivity index (χ3n) is 2.03. The maximum Gasteiger partial charge on any atom is 0.314 e. The topological polar surface area (TPSA) is 51.8 Å². The van der Waals surface area contributed by atoms with Crippen LogP contribution in [0.3, 0.4) is 0 Å². The van der Waals surface area contributed by atoms with Crippen LogP contribution in [0.2, 0.25) is 0 Å². The van der Waals surface area contributed by atoms with Gasteiger partial charge in [0.2, 0.25) is 5.89 Å². The fourth-order valence-corrected chi connectivity index (χ4v) is 1.42. The molecule has 2 aromatic rings. The van der Waals surface area contributed by atoms with Gasteiger partial charge in [0.15, 0.2) is 0 Å². The van der Waals surface area contributed by atoms with Gasteiger partial charge in [-0.25, -0.2) is 0 Å². The Morgan fingerprint density at radius 2 is 2.00 bits per heavy atom. The summed E-state index contributed by atoms with van der Waals surface area (Å²) < 4.78 is 28.0. The van der Waals surface area contributed by atoms with Gasteiger partial charge in [0.05, 0.1) is 21.3 Å². The van der Waals surface area contributed by atoms with E-state index in [1.807, 2.05) is 0 Å². The zero-order valence-electron chi connectivity index (χ0n) is 8.85. The second-order valence-corrected chi connectivity index (χ2v) is 4.76. The van der Waals surface area contributed by atoms with E-state index in [1.165, 1.54) is 12.3 Å². The smallest absolute Gasteiger partial charge is 0.314 e. The highest BCUT2D eigenvalue weighted by atomic mass is 79.9. The first-order chi connectivity index (χ1) is 8.38. The van der Waals surface area contributed by atoms with Gasteiger partial charge in [0, 0.05) is 11.9 Å². The van der Waals surface area contributed by atoms with E-state index in [9.17, 15) is 8.78 Å². The summed E-state index contributed by atoms with van der Waals surface area (Å²) in [6.07, 6.45) is -1.45. The Kier molecular flexibility index (Phi) is 3.52. The molecule has 2 aromatic heterocycles. The Hall–Kier alpha value is -1.24. The maximum atomic E-state index is 12.3. The fraction of sp³-hybridized carbons (Fsp3) is 0.222. The van der Waals surface area contributed by atoms with Crippen LogP contribution in [-0.2, 0) is 4.12 Å². The van der Waals surface area contributed by atoms with Crippen LogP contribution in [0, 0.1) is 0 Å². The predicted molar refractivity (Wildman–Crippen MR) is 64.6 cm³/mol. The molecule has 0 unspecified atom stereocenters. The highest BCUT2D eigenvalue weighted by Gasteiger charge is 2.19. The fourth-order valence-electron chi connectivity index (χ4n) is 1.19. The van der Waals surface area contributed by atoms with Crippen molar-refractivity contribution in [2.24, 2.45) is 0 Å². The van der Waals surface area contributed by atoms with Gasteiger partial charge in [-0.2, -0.15) is 8.78 Å². The van der Waals surface area contributed by atoms with Crippen molar-refractivity contribution < 1.29 is 13.2 Å². The van der Waals surface area contributed by atoms with Gasteiger partial charge in [-0.3, -0.25) is 4.98 Å². The summed E-state index contributed by atoms with van der Waals surface area (Å²) in [5.41, 5.74) is 0.773. The highest BCUT2D eigenvalue weighted by Crippen LogP contribution is 2.25. The first-order valence-corrected chi connectivity index (χ1v) is 5.52. The van der Waals surface area contributed by atoms with Crippen molar-refractivity contribution in [2.45, 2.75) is 10.5 Å². The molecule has 0 fully saturated rings. The third-order valence-corrected chi connectivity index (χ3v) is 2.44. The second kappa shape index (κ2) is 4.79. The largest absolute Gasteiger partial charge is 0.415 e. The first-order valence-electron chi connectivity index (χ1n) is 4.73. The summed E-state index contributed by atoms with van der Waals surface area (Å²) in [6, 6.07) is 3.07. The summed E-state index contributed by atoms with van der Waals surface area (Å²) in [5, 5.41) is 6.70. The summed E-state index contributed by atoms with van der Waals surface area (Å²) in [5.74, 6) is -0.778. The van der Waals surface area contributed by atoms with E-state index in [0.29, 0.717) is 11.3 Å². The molecular weight excluding hydrogens is 306 g/mol. The molecule has 0 saturated carbocycles. The van der Waals surface area contributed by atoms with E-state index in [4.69, 9.17) is 20.1 Å². The van der Waals surface area contributed by atoms with Crippen LogP contribution in [0.5, 0.6) is 0 Å². The van der Waals surface area contributed by atoms with Crippen molar-refractivity contribution >= 4 is 31.6 Å². The molecule has 0 N–H and O–H groups in total. The Morgan fingerprint density at radius 1 is 1.28 bits per heavy atom. The van der Waals surface area contributed by atoms with Crippen LogP contribution in [0.1, 0.15) is 18.0 Å². The monoisotopic (exact) mass is 309 g/mol. The minimum absolute atomic E-state index is 0.0430. The van der Waals surface area contributed by atoms with Gasteiger partial charge < -0.3 is 4.42 Å². The van der Waals surface area contributed by atoms with Crippen molar-refractivity contribution in [3.05, 3.63) is 29.9 Å². The van der Waals surface area contributed by atoms with Crippen molar-refractivity contribution in [1.29, 1.82) is 0 Å². The van der Waals surface area contributed by atoms with E-state index < -0.39 is 16.4 Å². The van der Waals surface area contributed by atoms with E-state index in [2.05, 4.69) is 31.1 Å². The van der Waals surface area contributed by atoms with Crippen LogP contribution in [-0.4, -0.2) is 30.9 Å². The van der Waals surface area contributed by atoms with E-state index in [1.54, 1.807) is 6.07 Å². The number of alkyl halides is 3. The van der Waals surface area contributed by atoms with Crippen molar-refractivity contribution in [2.75, 3.05) is 0 Å². The molecule has 0 saturated heterocycles. The minimum atomic E-state index is -2.80. The number of hydrogen-bond donors (Lipinski definition) is 0. The van der Waals surface area contributed by atoms with Crippen LogP contribution in [0.15, 0.2) is 22.7 Å². The predicted octanol–water partition coefficient (Wildman–Crippen LogP) is 1.91. The highest BCUT2D eigenvalue weighted by molar-refractivity contribution is 9.10. The van der Waals surface area contributed by atoms with Gasteiger partial charge in [-0.05, 0) is 16.3 Å². The lowest BCUT2D eigenvalue weighted by Gasteiger charge is -2.15. The Labute approximate surface area is 112 Å². The molecule has 9 heteroatoms. The molecule has 4 nitrogen and oxygen atoms in total.